The fourth-order valence-electron chi connectivity index (χ4n) is 2.61. The van der Waals surface area contributed by atoms with E-state index in [4.69, 9.17) is 0 Å². The second-order valence-corrected chi connectivity index (χ2v) is 7.49. The van der Waals surface area contributed by atoms with E-state index >= 15 is 0 Å². The quantitative estimate of drug-likeness (QED) is 0.913. The number of amides is 1. The van der Waals surface area contributed by atoms with Gasteiger partial charge in [0.25, 0.3) is 5.91 Å². The summed E-state index contributed by atoms with van der Waals surface area (Å²) in [6.45, 7) is 1.05. The normalized spacial score (nSPS) is 15.8. The van der Waals surface area contributed by atoms with Gasteiger partial charge in [0.15, 0.2) is 5.82 Å². The molecule has 1 amide bonds. The maximum atomic E-state index is 12.7. The number of aromatic nitrogens is 2. The van der Waals surface area contributed by atoms with Gasteiger partial charge in [-0.1, -0.05) is 12.5 Å². The van der Waals surface area contributed by atoms with Crippen molar-refractivity contribution in [2.75, 3.05) is 18.4 Å². The summed E-state index contributed by atoms with van der Waals surface area (Å²) >= 11 is 0. The molecular weight excluding hydrogens is 328 g/mol. The average molecular weight is 346 g/mol. The van der Waals surface area contributed by atoms with E-state index < -0.39 is 15.9 Å². The molecule has 1 aliphatic rings. The second-order valence-electron chi connectivity index (χ2n) is 5.56. The number of nitrogens with one attached hydrogen (secondary N) is 1. The number of rotatable bonds is 4. The molecule has 2 heterocycles. The number of hydrogen-bond donors (Lipinski definition) is 1. The van der Waals surface area contributed by atoms with Gasteiger partial charge in [-0.25, -0.2) is 8.42 Å². The molecule has 2 aromatic rings. The van der Waals surface area contributed by atoms with E-state index in [2.05, 4.69) is 15.5 Å². The lowest BCUT2D eigenvalue weighted by atomic mass is 10.2. The molecule has 1 saturated heterocycles. The monoisotopic (exact) mass is 346 g/mol. The Kier molecular flexibility index (Phi) is 4.86. The van der Waals surface area contributed by atoms with E-state index in [0.717, 1.165) is 19.3 Å². The summed E-state index contributed by atoms with van der Waals surface area (Å²) in [5.41, 5.74) is 0.263. The molecule has 0 atom stereocenters. The summed E-state index contributed by atoms with van der Waals surface area (Å²) in [7, 11) is -3.57. The number of hydrogen-bond acceptors (Lipinski definition) is 5. The highest BCUT2D eigenvalue weighted by Crippen LogP contribution is 2.21. The van der Waals surface area contributed by atoms with Gasteiger partial charge in [0, 0.05) is 24.8 Å². The van der Waals surface area contributed by atoms with Crippen LogP contribution in [0.5, 0.6) is 0 Å². The first-order chi connectivity index (χ1) is 11.6. The molecule has 1 aliphatic heterocycles. The van der Waals surface area contributed by atoms with E-state index in [-0.39, 0.29) is 10.5 Å². The Balaban J connectivity index is 1.82. The second kappa shape index (κ2) is 7.06. The van der Waals surface area contributed by atoms with E-state index in [1.807, 2.05) is 0 Å². The van der Waals surface area contributed by atoms with Gasteiger partial charge >= 0.3 is 0 Å². The molecule has 0 bridgehead atoms. The van der Waals surface area contributed by atoms with Gasteiger partial charge in [-0.05, 0) is 43.2 Å². The molecule has 0 unspecified atom stereocenters. The molecule has 7 nitrogen and oxygen atoms in total. The summed E-state index contributed by atoms with van der Waals surface area (Å²) in [5, 5.41) is 10.1. The predicted molar refractivity (Wildman–Crippen MR) is 89.0 cm³/mol. The average Bonchev–Trinajstić information content (AvgIpc) is 2.63. The summed E-state index contributed by atoms with van der Waals surface area (Å²) < 4.78 is 26.9. The minimum absolute atomic E-state index is 0.135. The Bertz CT molecular complexity index is 818. The first-order valence-corrected chi connectivity index (χ1v) is 9.21. The number of nitrogens with zero attached hydrogens (tertiary/aromatic N) is 3. The van der Waals surface area contributed by atoms with E-state index in [1.165, 1.54) is 22.6 Å². The molecule has 126 valence electrons. The van der Waals surface area contributed by atoms with Crippen molar-refractivity contribution < 1.29 is 13.2 Å². The Labute approximate surface area is 140 Å². The van der Waals surface area contributed by atoms with Crippen LogP contribution in [0.3, 0.4) is 0 Å². The van der Waals surface area contributed by atoms with Crippen LogP contribution in [-0.2, 0) is 10.0 Å². The first kappa shape index (κ1) is 16.5. The number of benzene rings is 1. The van der Waals surface area contributed by atoms with Crippen molar-refractivity contribution in [1.82, 2.24) is 14.5 Å². The molecule has 1 aromatic carbocycles. The van der Waals surface area contributed by atoms with Crippen LogP contribution >= 0.6 is 0 Å². The van der Waals surface area contributed by atoms with Crippen LogP contribution in [0, 0.1) is 0 Å². The van der Waals surface area contributed by atoms with Gasteiger partial charge in [-0.2, -0.15) is 9.40 Å². The van der Waals surface area contributed by atoms with Gasteiger partial charge in [0.05, 0.1) is 4.90 Å². The smallest absolute Gasteiger partial charge is 0.256 e. The summed E-state index contributed by atoms with van der Waals surface area (Å²) in [4.78, 5) is 12.4. The molecule has 8 heteroatoms. The van der Waals surface area contributed by atoms with Gasteiger partial charge in [0.1, 0.15) is 0 Å². The molecule has 0 radical (unpaired) electrons. The lowest BCUT2D eigenvalue weighted by Gasteiger charge is -2.26. The fraction of sp³-hybridized carbons (Fsp3) is 0.312. The first-order valence-electron chi connectivity index (χ1n) is 7.77. The van der Waals surface area contributed by atoms with Crippen molar-refractivity contribution in [3.05, 3.63) is 48.2 Å². The highest BCUT2D eigenvalue weighted by Gasteiger charge is 2.26. The van der Waals surface area contributed by atoms with Gasteiger partial charge < -0.3 is 5.32 Å². The Morgan fingerprint density at radius 2 is 1.88 bits per heavy atom. The van der Waals surface area contributed by atoms with Crippen molar-refractivity contribution >= 4 is 21.7 Å². The van der Waals surface area contributed by atoms with Crippen LogP contribution in [0.2, 0.25) is 0 Å². The molecule has 0 saturated carbocycles. The molecule has 0 aliphatic carbocycles. The van der Waals surface area contributed by atoms with Crippen LogP contribution < -0.4 is 5.32 Å². The summed E-state index contributed by atoms with van der Waals surface area (Å²) in [6, 6.07) is 9.32. The third-order valence-corrected chi connectivity index (χ3v) is 5.76. The third kappa shape index (κ3) is 3.60. The Hall–Kier alpha value is -2.32. The summed E-state index contributed by atoms with van der Waals surface area (Å²) in [5.74, 6) is -0.113. The van der Waals surface area contributed by atoms with Crippen molar-refractivity contribution in [1.29, 1.82) is 0 Å². The van der Waals surface area contributed by atoms with Crippen LogP contribution in [-0.4, -0.2) is 41.9 Å². The SMILES string of the molecule is O=C(Nc1cccnn1)c1cccc(S(=O)(=O)N2CCCCC2)c1. The van der Waals surface area contributed by atoms with Crippen molar-refractivity contribution in [2.45, 2.75) is 24.2 Å². The topological polar surface area (TPSA) is 92.3 Å². The van der Waals surface area contributed by atoms with E-state index in [9.17, 15) is 13.2 Å². The standard InChI is InChI=1S/C16H18N4O3S/c21-16(18-15-8-5-9-17-19-15)13-6-4-7-14(12-13)24(22,23)20-10-2-1-3-11-20/h4-9,12H,1-3,10-11H2,(H,18,19,21). The molecular formula is C16H18N4O3S. The largest absolute Gasteiger partial charge is 0.305 e. The van der Waals surface area contributed by atoms with Crippen molar-refractivity contribution in [2.24, 2.45) is 0 Å². The Morgan fingerprint density at radius 1 is 1.08 bits per heavy atom. The van der Waals surface area contributed by atoms with Gasteiger partial charge in [0.2, 0.25) is 10.0 Å². The van der Waals surface area contributed by atoms with Gasteiger partial charge in [-0.15, -0.1) is 5.10 Å². The summed E-state index contributed by atoms with van der Waals surface area (Å²) in [6.07, 6.45) is 4.28. The molecule has 1 N–H and O–H groups in total. The predicted octanol–water partition coefficient (Wildman–Crippen LogP) is 1.90. The number of sulfonamides is 1. The molecule has 3 rings (SSSR count). The van der Waals surface area contributed by atoms with Crippen LogP contribution in [0.25, 0.3) is 0 Å². The third-order valence-electron chi connectivity index (χ3n) is 3.86. The van der Waals surface area contributed by atoms with Crippen LogP contribution in [0.15, 0.2) is 47.5 Å². The molecule has 24 heavy (non-hydrogen) atoms. The zero-order chi connectivity index (χ0) is 17.0. The molecule has 1 fully saturated rings. The lowest BCUT2D eigenvalue weighted by Crippen LogP contribution is -2.35. The minimum Gasteiger partial charge on any atom is -0.305 e. The number of piperidine rings is 1. The van der Waals surface area contributed by atoms with Crippen molar-refractivity contribution in [3.8, 4) is 0 Å². The van der Waals surface area contributed by atoms with Crippen LogP contribution in [0.1, 0.15) is 29.6 Å². The number of anilines is 1. The maximum Gasteiger partial charge on any atom is 0.256 e. The highest BCUT2D eigenvalue weighted by atomic mass is 32.2. The van der Waals surface area contributed by atoms with Crippen LogP contribution in [0.4, 0.5) is 5.82 Å². The lowest BCUT2D eigenvalue weighted by molar-refractivity contribution is 0.102. The highest BCUT2D eigenvalue weighted by molar-refractivity contribution is 7.89. The zero-order valence-corrected chi connectivity index (χ0v) is 13.9. The minimum atomic E-state index is -3.57. The van der Waals surface area contributed by atoms with Crippen molar-refractivity contribution in [3.63, 3.8) is 0 Å². The zero-order valence-electron chi connectivity index (χ0n) is 13.1. The maximum absolute atomic E-state index is 12.7. The van der Waals surface area contributed by atoms with E-state index in [1.54, 1.807) is 24.3 Å². The molecule has 1 aromatic heterocycles. The number of carbonyl (C=O) groups is 1. The number of carbonyl (C=O) groups excluding carboxylic acids is 1. The van der Waals surface area contributed by atoms with Gasteiger partial charge in [-0.3, -0.25) is 4.79 Å². The molecule has 0 spiro atoms. The Morgan fingerprint density at radius 3 is 2.58 bits per heavy atom. The fourth-order valence-corrected chi connectivity index (χ4v) is 4.17. The van der Waals surface area contributed by atoms with E-state index in [0.29, 0.717) is 18.9 Å².